The summed E-state index contributed by atoms with van der Waals surface area (Å²) in [4.78, 5) is 32.7. The Hall–Kier alpha value is -2.83. The summed E-state index contributed by atoms with van der Waals surface area (Å²) in [5.74, 6) is -0.172. The Bertz CT molecular complexity index is 1210. The van der Waals surface area contributed by atoms with Gasteiger partial charge in [0, 0.05) is 0 Å². The van der Waals surface area contributed by atoms with Gasteiger partial charge in [0.1, 0.15) is 0 Å². The van der Waals surface area contributed by atoms with Crippen molar-refractivity contribution < 1.29 is 9.59 Å². The van der Waals surface area contributed by atoms with E-state index < -0.39 is 0 Å². The lowest BCUT2D eigenvalue weighted by Crippen LogP contribution is -2.29. The molecule has 0 radical (unpaired) electrons. The van der Waals surface area contributed by atoms with Gasteiger partial charge in [-0.25, -0.2) is 4.98 Å². The first kappa shape index (κ1) is 19.5. The summed E-state index contributed by atoms with van der Waals surface area (Å²) in [5.41, 5.74) is 4.23. The lowest BCUT2D eigenvalue weighted by Gasteiger charge is -2.19. The highest BCUT2D eigenvalue weighted by molar-refractivity contribution is 7.22. The Kier molecular flexibility index (Phi) is 5.30. The molecular formula is C23H20N2O2S2. The summed E-state index contributed by atoms with van der Waals surface area (Å²) < 4.78 is 1.07. The van der Waals surface area contributed by atoms with E-state index in [1.165, 1.54) is 35.2 Å². The van der Waals surface area contributed by atoms with E-state index in [-0.39, 0.29) is 11.7 Å². The van der Waals surface area contributed by atoms with Gasteiger partial charge in [0.25, 0.3) is 5.91 Å². The van der Waals surface area contributed by atoms with Gasteiger partial charge >= 0.3 is 0 Å². The highest BCUT2D eigenvalue weighted by Gasteiger charge is 2.24. The molecule has 0 spiro atoms. The van der Waals surface area contributed by atoms with Gasteiger partial charge in [0.15, 0.2) is 10.9 Å². The van der Waals surface area contributed by atoms with Crippen LogP contribution in [0.5, 0.6) is 0 Å². The highest BCUT2D eigenvalue weighted by atomic mass is 32.1. The van der Waals surface area contributed by atoms with E-state index in [9.17, 15) is 9.59 Å². The van der Waals surface area contributed by atoms with Crippen molar-refractivity contribution in [3.05, 3.63) is 81.0 Å². The molecule has 2 heterocycles. The number of carbonyl (C=O) groups excluding carboxylic acids is 2. The van der Waals surface area contributed by atoms with Crippen molar-refractivity contribution in [2.75, 3.05) is 4.90 Å². The standard InChI is InChI=1S/C23H20N2O2S2/c1-14-11-15(2)21-20(12-14)29-23(24-21)25(13-17-7-5-4-6-8-17)22(27)19-10-9-18(28-19)16(3)26/h4-12H,13H2,1-3H3. The number of amides is 1. The summed E-state index contributed by atoms with van der Waals surface area (Å²) in [6.07, 6.45) is 0. The molecule has 0 aliphatic rings. The first-order valence-electron chi connectivity index (χ1n) is 9.27. The van der Waals surface area contributed by atoms with Crippen LogP contribution in [0.2, 0.25) is 0 Å². The molecule has 0 saturated heterocycles. The van der Waals surface area contributed by atoms with Gasteiger partial charge in [-0.05, 0) is 55.7 Å². The fraction of sp³-hybridized carbons (Fsp3) is 0.174. The van der Waals surface area contributed by atoms with Crippen LogP contribution in [-0.4, -0.2) is 16.7 Å². The molecule has 0 saturated carbocycles. The summed E-state index contributed by atoms with van der Waals surface area (Å²) in [7, 11) is 0. The average Bonchev–Trinajstić information content (AvgIpc) is 3.34. The zero-order valence-corrected chi connectivity index (χ0v) is 18.1. The van der Waals surface area contributed by atoms with E-state index in [0.29, 0.717) is 21.4 Å². The van der Waals surface area contributed by atoms with E-state index in [2.05, 4.69) is 19.1 Å². The molecule has 4 aromatic rings. The van der Waals surface area contributed by atoms with Crippen LogP contribution in [0.4, 0.5) is 5.13 Å². The lowest BCUT2D eigenvalue weighted by molar-refractivity contribution is 0.0987. The van der Waals surface area contributed by atoms with E-state index in [0.717, 1.165) is 21.3 Å². The van der Waals surface area contributed by atoms with Crippen molar-refractivity contribution in [2.24, 2.45) is 0 Å². The van der Waals surface area contributed by atoms with Crippen molar-refractivity contribution in [2.45, 2.75) is 27.3 Å². The zero-order valence-electron chi connectivity index (χ0n) is 16.4. The van der Waals surface area contributed by atoms with Gasteiger partial charge in [-0.15, -0.1) is 11.3 Å². The molecule has 1 amide bonds. The number of Topliss-reactive ketones (excluding diaryl/α,β-unsaturated/α-hetero) is 1. The van der Waals surface area contributed by atoms with Crippen molar-refractivity contribution >= 4 is 49.7 Å². The molecule has 4 rings (SSSR count). The lowest BCUT2D eigenvalue weighted by atomic mass is 10.1. The van der Waals surface area contributed by atoms with Gasteiger partial charge in [-0.1, -0.05) is 47.7 Å². The quantitative estimate of drug-likeness (QED) is 0.371. The maximum atomic E-state index is 13.4. The van der Waals surface area contributed by atoms with Crippen LogP contribution < -0.4 is 4.90 Å². The number of thiophene rings is 1. The van der Waals surface area contributed by atoms with Crippen molar-refractivity contribution in [1.29, 1.82) is 0 Å². The third-order valence-corrected chi connectivity index (χ3v) is 6.84. The van der Waals surface area contributed by atoms with Gasteiger partial charge in [-0.2, -0.15) is 0 Å². The molecular weight excluding hydrogens is 400 g/mol. The maximum Gasteiger partial charge on any atom is 0.270 e. The molecule has 0 aliphatic carbocycles. The number of hydrogen-bond acceptors (Lipinski definition) is 5. The number of hydrogen-bond donors (Lipinski definition) is 0. The number of rotatable bonds is 5. The Morgan fingerprint density at radius 3 is 2.38 bits per heavy atom. The minimum absolute atomic E-state index is 0.0326. The molecule has 4 nitrogen and oxygen atoms in total. The number of aromatic nitrogens is 1. The van der Waals surface area contributed by atoms with Gasteiger partial charge in [0.05, 0.1) is 26.5 Å². The molecule has 146 valence electrons. The highest BCUT2D eigenvalue weighted by Crippen LogP contribution is 2.34. The Morgan fingerprint density at radius 1 is 0.966 bits per heavy atom. The SMILES string of the molecule is CC(=O)c1ccc(C(=O)N(Cc2ccccc2)c2nc3c(C)cc(C)cc3s2)s1. The number of nitrogens with zero attached hydrogens (tertiary/aromatic N) is 2. The topological polar surface area (TPSA) is 50.3 Å². The van der Waals surface area contributed by atoms with Crippen molar-refractivity contribution in [1.82, 2.24) is 4.98 Å². The molecule has 6 heteroatoms. The summed E-state index contributed by atoms with van der Waals surface area (Å²) >= 11 is 2.75. The van der Waals surface area contributed by atoms with Gasteiger partial charge < -0.3 is 0 Å². The molecule has 0 unspecified atom stereocenters. The number of fused-ring (bicyclic) bond motifs is 1. The normalized spacial score (nSPS) is 11.0. The Labute approximate surface area is 177 Å². The van der Waals surface area contributed by atoms with Crippen molar-refractivity contribution in [3.8, 4) is 0 Å². The number of carbonyl (C=O) groups is 2. The molecule has 2 aromatic carbocycles. The van der Waals surface area contributed by atoms with Crippen LogP contribution in [0.1, 0.15) is 43.0 Å². The van der Waals surface area contributed by atoms with E-state index in [1.807, 2.05) is 37.3 Å². The van der Waals surface area contributed by atoms with E-state index in [4.69, 9.17) is 4.98 Å². The molecule has 0 N–H and O–H groups in total. The van der Waals surface area contributed by atoms with Gasteiger partial charge in [-0.3, -0.25) is 14.5 Å². The van der Waals surface area contributed by atoms with E-state index >= 15 is 0 Å². The number of aryl methyl sites for hydroxylation is 2. The zero-order chi connectivity index (χ0) is 20.5. The first-order chi connectivity index (χ1) is 13.9. The summed E-state index contributed by atoms with van der Waals surface area (Å²) in [6.45, 7) is 6.04. The molecule has 2 aromatic heterocycles. The fourth-order valence-electron chi connectivity index (χ4n) is 3.24. The van der Waals surface area contributed by atoms with E-state index in [1.54, 1.807) is 17.0 Å². The third-order valence-electron chi connectivity index (χ3n) is 4.64. The first-order valence-corrected chi connectivity index (χ1v) is 10.9. The molecule has 0 bridgehead atoms. The van der Waals surface area contributed by atoms with Crippen LogP contribution in [0.15, 0.2) is 54.6 Å². The minimum Gasteiger partial charge on any atom is -0.294 e. The number of benzene rings is 2. The molecule has 0 fully saturated rings. The number of thiazole rings is 1. The average molecular weight is 421 g/mol. The second-order valence-corrected chi connectivity index (χ2v) is 9.11. The number of anilines is 1. The third kappa shape index (κ3) is 3.99. The Morgan fingerprint density at radius 2 is 1.69 bits per heavy atom. The van der Waals surface area contributed by atoms with Crippen LogP contribution in [-0.2, 0) is 6.54 Å². The largest absolute Gasteiger partial charge is 0.294 e. The monoisotopic (exact) mass is 420 g/mol. The van der Waals surface area contributed by atoms with Gasteiger partial charge in [0.2, 0.25) is 0 Å². The smallest absolute Gasteiger partial charge is 0.270 e. The second kappa shape index (κ2) is 7.89. The van der Waals surface area contributed by atoms with Crippen molar-refractivity contribution in [3.63, 3.8) is 0 Å². The summed E-state index contributed by atoms with van der Waals surface area (Å²) in [6, 6.07) is 17.5. The second-order valence-electron chi connectivity index (χ2n) is 7.02. The molecule has 29 heavy (non-hydrogen) atoms. The molecule has 0 atom stereocenters. The van der Waals surface area contributed by atoms with Crippen LogP contribution in [0.25, 0.3) is 10.2 Å². The predicted molar refractivity (Wildman–Crippen MR) is 120 cm³/mol. The van der Waals surface area contributed by atoms with Crippen LogP contribution >= 0.6 is 22.7 Å². The summed E-state index contributed by atoms with van der Waals surface area (Å²) in [5, 5.41) is 0.667. The van der Waals surface area contributed by atoms with Crippen LogP contribution in [0, 0.1) is 13.8 Å². The predicted octanol–water partition coefficient (Wildman–Crippen LogP) is 6.02. The maximum absolute atomic E-state index is 13.4. The molecule has 0 aliphatic heterocycles. The van der Waals surface area contributed by atoms with Crippen LogP contribution in [0.3, 0.4) is 0 Å². The minimum atomic E-state index is -0.139. The number of ketones is 1. The Balaban J connectivity index is 1.78. The fourth-order valence-corrected chi connectivity index (χ4v) is 5.23.